The summed E-state index contributed by atoms with van der Waals surface area (Å²) in [5.74, 6) is -3.43. The molecule has 0 radical (unpaired) electrons. The molecule has 36 nitrogen and oxygen atoms in total. The Balaban J connectivity index is 0.805. The lowest BCUT2D eigenvalue weighted by Gasteiger charge is -2.71. The highest BCUT2D eigenvalue weighted by atomic mass is 16.8. The Kier molecular flexibility index (Phi) is 24.3. The molecule has 7 saturated heterocycles. The number of hydrogen-bond donors (Lipinski definition) is 19. The normalized spacial score (nSPS) is 54.7. The molecule has 4 saturated carbocycles. The third kappa shape index (κ3) is 14.2. The van der Waals surface area contributed by atoms with Crippen molar-refractivity contribution in [3.05, 3.63) is 11.6 Å². The van der Waals surface area contributed by atoms with Gasteiger partial charge in [-0.2, -0.15) is 0 Å². The van der Waals surface area contributed by atoms with Crippen molar-refractivity contribution >= 4 is 18.2 Å². The van der Waals surface area contributed by atoms with Crippen LogP contribution in [0, 0.1) is 50.2 Å². The minimum atomic E-state index is -2.21. The molecular weight excluding hydrogens is 1420 g/mol. The first kappa shape index (κ1) is 82.6. The number of aldehydes is 1. The van der Waals surface area contributed by atoms with E-state index in [0.717, 1.165) is 11.9 Å². The predicted octanol–water partition coefficient (Wildman–Crippen LogP) is -5.96. The van der Waals surface area contributed by atoms with Crippen LogP contribution in [0.4, 0.5) is 0 Å². The molecule has 0 amide bonds. The van der Waals surface area contributed by atoms with Crippen LogP contribution >= 0.6 is 0 Å². The summed E-state index contributed by atoms with van der Waals surface area (Å²) < 4.78 is 85.0. The van der Waals surface area contributed by atoms with E-state index in [4.69, 9.17) is 66.3 Å². The molecular formula is C70H110O36. The van der Waals surface area contributed by atoms with Gasteiger partial charge >= 0.3 is 11.9 Å². The number of carboxylic acids is 1. The van der Waals surface area contributed by atoms with Gasteiger partial charge in [-0.05, 0) is 117 Å². The number of aliphatic hydroxyl groups is 18. The summed E-state index contributed by atoms with van der Waals surface area (Å²) in [6.45, 7) is 12.6. The highest BCUT2D eigenvalue weighted by Gasteiger charge is 2.72. The molecule has 0 spiro atoms. The van der Waals surface area contributed by atoms with Crippen molar-refractivity contribution < 1.29 is 178 Å². The van der Waals surface area contributed by atoms with Crippen molar-refractivity contribution in [2.24, 2.45) is 50.2 Å². The highest BCUT2D eigenvalue weighted by Crippen LogP contribution is 2.76. The molecule has 11 fully saturated rings. The number of ether oxygens (including phenoxy) is 14. The van der Waals surface area contributed by atoms with Crippen LogP contribution in [0.1, 0.15) is 120 Å². The summed E-state index contributed by atoms with van der Waals surface area (Å²) in [4.78, 5) is 43.1. The van der Waals surface area contributed by atoms with E-state index in [1.54, 1.807) is 6.92 Å². The Morgan fingerprint density at radius 1 is 0.481 bits per heavy atom. The van der Waals surface area contributed by atoms with Crippen LogP contribution in [0.2, 0.25) is 0 Å². The van der Waals surface area contributed by atoms with Crippen LogP contribution < -0.4 is 0 Å². The van der Waals surface area contributed by atoms with Gasteiger partial charge in [0.15, 0.2) is 49.9 Å². The first-order chi connectivity index (χ1) is 49.8. The zero-order chi connectivity index (χ0) is 77.3. The topological polar surface area (TPSA) is 565 Å². The average Bonchev–Trinajstić information content (AvgIpc) is 0.672. The molecule has 0 aromatic carbocycles. The molecule has 106 heavy (non-hydrogen) atoms. The van der Waals surface area contributed by atoms with Gasteiger partial charge in [-0.25, -0.2) is 4.79 Å². The van der Waals surface area contributed by atoms with Gasteiger partial charge in [0.2, 0.25) is 6.29 Å². The van der Waals surface area contributed by atoms with Crippen molar-refractivity contribution in [1.29, 1.82) is 0 Å². The summed E-state index contributed by atoms with van der Waals surface area (Å²) >= 11 is 0. The van der Waals surface area contributed by atoms with E-state index in [0.29, 0.717) is 57.8 Å². The van der Waals surface area contributed by atoms with Gasteiger partial charge < -0.3 is 168 Å². The molecule has 12 rings (SSSR count). The molecule has 0 aromatic rings. The van der Waals surface area contributed by atoms with E-state index in [9.17, 15) is 107 Å². The van der Waals surface area contributed by atoms with Gasteiger partial charge in [-0.1, -0.05) is 53.2 Å². The van der Waals surface area contributed by atoms with Crippen LogP contribution in [0.15, 0.2) is 11.6 Å². The van der Waals surface area contributed by atoms with Crippen molar-refractivity contribution in [2.75, 3.05) is 26.4 Å². The Morgan fingerprint density at radius 3 is 1.56 bits per heavy atom. The van der Waals surface area contributed by atoms with Gasteiger partial charge in [-0.15, -0.1) is 0 Å². The summed E-state index contributed by atoms with van der Waals surface area (Å²) in [6.07, 6.45) is -53.9. The van der Waals surface area contributed by atoms with Crippen LogP contribution in [0.5, 0.6) is 0 Å². The maximum absolute atomic E-state index is 15.8. The lowest BCUT2D eigenvalue weighted by molar-refractivity contribution is -0.394. The van der Waals surface area contributed by atoms with E-state index in [1.807, 2.05) is 0 Å². The highest BCUT2D eigenvalue weighted by molar-refractivity contribution is 5.79. The lowest BCUT2D eigenvalue weighted by atomic mass is 9.33. The Bertz CT molecular complexity index is 3100. The monoisotopic (exact) mass is 1530 g/mol. The number of aliphatic carboxylic acids is 1. The van der Waals surface area contributed by atoms with Crippen molar-refractivity contribution in [2.45, 2.75) is 328 Å². The van der Waals surface area contributed by atoms with E-state index < -0.39 is 286 Å². The first-order valence-electron chi connectivity index (χ1n) is 36.9. The zero-order valence-electron chi connectivity index (χ0n) is 60.4. The fourth-order valence-electron chi connectivity index (χ4n) is 20.1. The van der Waals surface area contributed by atoms with Gasteiger partial charge in [0.05, 0.1) is 55.6 Å². The largest absolute Gasteiger partial charge is 0.479 e. The smallest absolute Gasteiger partial charge is 0.335 e. The summed E-state index contributed by atoms with van der Waals surface area (Å²) in [7, 11) is 0. The number of hydrogen-bond acceptors (Lipinski definition) is 35. The number of rotatable bonds is 18. The molecule has 42 unspecified atom stereocenters. The van der Waals surface area contributed by atoms with Crippen molar-refractivity contribution in [3.63, 3.8) is 0 Å². The number of allylic oxidation sites excluding steroid dienone is 2. The molecule has 5 aliphatic carbocycles. The van der Waals surface area contributed by atoms with Crippen LogP contribution in [-0.2, 0) is 80.7 Å². The van der Waals surface area contributed by atoms with Gasteiger partial charge in [0, 0.05) is 0 Å². The Labute approximate surface area is 610 Å². The van der Waals surface area contributed by atoms with Gasteiger partial charge in [0.1, 0.15) is 141 Å². The summed E-state index contributed by atoms with van der Waals surface area (Å²) in [6, 6.07) is 0. The van der Waals surface area contributed by atoms with E-state index in [1.165, 1.54) is 13.8 Å². The second-order valence-electron chi connectivity index (χ2n) is 33.5. The van der Waals surface area contributed by atoms with Gasteiger partial charge in [-0.3, -0.25) is 4.79 Å². The molecule has 7 aliphatic heterocycles. The van der Waals surface area contributed by atoms with Gasteiger partial charge in [0.25, 0.3) is 0 Å². The number of aliphatic hydroxyl groups excluding tert-OH is 18. The molecule has 36 heteroatoms. The molecule has 606 valence electrons. The predicted molar refractivity (Wildman–Crippen MR) is 347 cm³/mol. The number of carboxylic acid groups (broad SMARTS) is 1. The minimum Gasteiger partial charge on any atom is -0.479 e. The SMILES string of the molecule is CC1OC(OC(=O)C23CCC(C)(C)CC2C2=CCC4C5(C)CCC(OC6OC(C(=O)O)C(O)C(OC7OCC(O)C(O)C7O)C6OC6OC(CO)C(O)C(O)C6O)C(C)(C=O)C5CCC4(C)C2(C)CC3)C(OC2OC(C)C(OC3OCC(O)C(O)C3O)C(OC3OC(CO)C(O)C(O)C3O)C2O)C(O)C1O. The van der Waals surface area contributed by atoms with Crippen LogP contribution in [0.3, 0.4) is 0 Å². The Hall–Kier alpha value is -2.89. The second kappa shape index (κ2) is 31.1. The summed E-state index contributed by atoms with van der Waals surface area (Å²) in [5.41, 5.74) is -3.63. The molecule has 0 bridgehead atoms. The number of esters is 1. The molecule has 19 N–H and O–H groups in total. The van der Waals surface area contributed by atoms with E-state index in [2.05, 4.69) is 40.7 Å². The summed E-state index contributed by atoms with van der Waals surface area (Å²) in [5, 5.41) is 207. The minimum absolute atomic E-state index is 0.127. The van der Waals surface area contributed by atoms with Crippen LogP contribution in [-0.4, -0.2) is 351 Å². The maximum atomic E-state index is 15.8. The number of fused-ring (bicyclic) bond motifs is 7. The number of carbonyl (C=O) groups excluding carboxylic acids is 2. The Morgan fingerprint density at radius 2 is 0.991 bits per heavy atom. The molecule has 12 aliphatic rings. The molecule has 0 aromatic heterocycles. The average molecular weight is 1530 g/mol. The maximum Gasteiger partial charge on any atom is 0.335 e. The first-order valence-corrected chi connectivity index (χ1v) is 36.9. The van der Waals surface area contributed by atoms with E-state index >= 15 is 4.79 Å². The quantitative estimate of drug-likeness (QED) is 0.0263. The standard InChI is InChI=1S/C70H110O36/c1-25-36(76)43(83)54(104-61-49(89)52(102-59-46(86)41(81)39(79)31(20-71)97-59)50(26(2)96-61)100-57-44(84)37(77)29(74)22-93-57)62(95-25)106-64(92)70-17-15-65(3,4)19-28(70)27-9-10-34-66(5)13-12-35(67(6,24-73)33(66)11-14-69(34,8)68(27,7)16-18-70)99-63-55(105-60-47(87)42(82)40(80)32(21-72)98-60)51(48(88)53(103-63)56(90)91)101-58-45(85)38(78)30(75)23-94-58/h9,24-26,28-55,57-63,71-72,74-89H,10-23H2,1-8H3,(H,90,91). The molecule has 42 atom stereocenters. The third-order valence-corrected chi connectivity index (χ3v) is 26.8. The van der Waals surface area contributed by atoms with Crippen LogP contribution in [0.25, 0.3) is 0 Å². The van der Waals surface area contributed by atoms with Crippen molar-refractivity contribution in [3.8, 4) is 0 Å². The fourth-order valence-corrected chi connectivity index (χ4v) is 20.1. The fraction of sp³-hybridized carbons (Fsp3) is 0.929. The molecule has 7 heterocycles. The zero-order valence-corrected chi connectivity index (χ0v) is 60.4. The third-order valence-electron chi connectivity index (χ3n) is 26.8. The van der Waals surface area contributed by atoms with E-state index in [-0.39, 0.29) is 17.8 Å². The second-order valence-corrected chi connectivity index (χ2v) is 33.5. The van der Waals surface area contributed by atoms with Crippen molar-refractivity contribution in [1.82, 2.24) is 0 Å². The lowest BCUT2D eigenvalue weighted by Crippen LogP contribution is -2.69. The number of carbonyl (C=O) groups is 3.